The van der Waals surface area contributed by atoms with Crippen LogP contribution in [0.2, 0.25) is 0 Å². The maximum atomic E-state index is 13.5. The molecule has 0 heterocycles. The normalized spacial score (nSPS) is 11.4. The number of halogens is 3. The molecule has 318 valence electrons. The molecule has 0 N–H and O–H groups in total. The van der Waals surface area contributed by atoms with Crippen LogP contribution in [0.4, 0.5) is 13.2 Å². The molecule has 0 radical (unpaired) electrons. The topological polar surface area (TPSA) is 0 Å². The van der Waals surface area contributed by atoms with Crippen LogP contribution in [0.3, 0.4) is 0 Å². The highest BCUT2D eigenvalue weighted by Gasteiger charge is 2.30. The summed E-state index contributed by atoms with van der Waals surface area (Å²) in [6.07, 6.45) is 8.63. The summed E-state index contributed by atoms with van der Waals surface area (Å²) < 4.78 is 40.5. The van der Waals surface area contributed by atoms with E-state index in [0.29, 0.717) is 5.56 Å². The molecular weight excluding hydrogens is 814 g/mol. The highest BCUT2D eigenvalue weighted by molar-refractivity contribution is 5.93. The molecule has 0 bridgehead atoms. The first kappa shape index (κ1) is 43.0. The number of hydrogen-bond acceptors (Lipinski definition) is 0. The van der Waals surface area contributed by atoms with Crippen LogP contribution in [0, 0.1) is 0 Å². The molecule has 0 aliphatic heterocycles. The Morgan fingerprint density at radius 3 is 1.06 bits per heavy atom. The van der Waals surface area contributed by atoms with Crippen LogP contribution < -0.4 is 0 Å². The highest BCUT2D eigenvalue weighted by Crippen LogP contribution is 2.34. The second-order valence-corrected chi connectivity index (χ2v) is 16.1. The van der Waals surface area contributed by atoms with Crippen molar-refractivity contribution in [3.63, 3.8) is 0 Å². The molecule has 0 aromatic heterocycles. The minimum atomic E-state index is -4.40. The summed E-state index contributed by atoms with van der Waals surface area (Å²) >= 11 is 0. The van der Waals surface area contributed by atoms with Crippen molar-refractivity contribution in [2.24, 2.45) is 0 Å². The van der Waals surface area contributed by atoms with Crippen LogP contribution >= 0.6 is 0 Å². The van der Waals surface area contributed by atoms with Gasteiger partial charge in [0.2, 0.25) is 0 Å². The molecule has 0 amide bonds. The molecule has 3 heteroatoms. The fourth-order valence-electron chi connectivity index (χ4n) is 8.03. The van der Waals surface area contributed by atoms with Crippen molar-refractivity contribution in [1.82, 2.24) is 0 Å². The van der Waals surface area contributed by atoms with Crippen molar-refractivity contribution < 1.29 is 13.2 Å². The van der Waals surface area contributed by atoms with Gasteiger partial charge >= 0.3 is 6.18 Å². The van der Waals surface area contributed by atoms with Gasteiger partial charge in [0.25, 0.3) is 0 Å². The van der Waals surface area contributed by atoms with Gasteiger partial charge in [-0.15, -0.1) is 0 Å². The number of rotatable bonds is 12. The Balaban J connectivity index is 1.01. The SMILES string of the molecule is FC(F)(F)c1cccc(-c2ccc(-c3ccc(C=Cc4ccc(C=C(c5ccccc5)c5ccccc5)cc4)c(C=Cc4ccc(C=C(c5ccccc5)c5ccccc5)cc4)c3)cc2)c1. The van der Waals surface area contributed by atoms with Gasteiger partial charge in [0.1, 0.15) is 0 Å². The first-order valence-corrected chi connectivity index (χ1v) is 22.0. The van der Waals surface area contributed by atoms with Gasteiger partial charge in [-0.05, 0) is 119 Å². The second kappa shape index (κ2) is 20.1. The lowest BCUT2D eigenvalue weighted by Crippen LogP contribution is -2.04. The lowest BCUT2D eigenvalue weighted by molar-refractivity contribution is -0.137. The fourth-order valence-corrected chi connectivity index (χ4v) is 8.03. The molecule has 0 unspecified atom stereocenters. The smallest absolute Gasteiger partial charge is 0.166 e. The first-order chi connectivity index (χ1) is 32.3. The second-order valence-electron chi connectivity index (χ2n) is 16.1. The molecule has 9 aromatic carbocycles. The van der Waals surface area contributed by atoms with E-state index in [9.17, 15) is 13.2 Å². The molecule has 0 saturated heterocycles. The third-order valence-corrected chi connectivity index (χ3v) is 11.6. The summed E-state index contributed by atoms with van der Waals surface area (Å²) in [5, 5.41) is 0. The maximum absolute atomic E-state index is 13.5. The van der Waals surface area contributed by atoms with Gasteiger partial charge in [0.05, 0.1) is 5.56 Å². The van der Waals surface area contributed by atoms with E-state index in [1.165, 1.54) is 12.1 Å². The average molecular weight is 859 g/mol. The third kappa shape index (κ3) is 10.7. The highest BCUT2D eigenvalue weighted by atomic mass is 19.4. The molecule has 0 fully saturated rings. The van der Waals surface area contributed by atoms with E-state index in [1.54, 1.807) is 6.07 Å². The molecule has 9 rings (SSSR count). The minimum absolute atomic E-state index is 0.523. The van der Waals surface area contributed by atoms with Crippen LogP contribution in [-0.4, -0.2) is 0 Å². The average Bonchev–Trinajstić information content (AvgIpc) is 3.37. The Bertz CT molecular complexity index is 3060. The zero-order chi connectivity index (χ0) is 45.1. The summed E-state index contributed by atoms with van der Waals surface area (Å²) in [6, 6.07) is 78.5. The molecular formula is C63H45F3. The van der Waals surface area contributed by atoms with Gasteiger partial charge in [-0.3, -0.25) is 0 Å². The van der Waals surface area contributed by atoms with Gasteiger partial charge in [0.15, 0.2) is 0 Å². The molecule has 0 aliphatic carbocycles. The summed E-state index contributed by atoms with van der Waals surface area (Å²) in [5.41, 5.74) is 15.9. The number of benzene rings is 9. The molecule has 66 heavy (non-hydrogen) atoms. The van der Waals surface area contributed by atoms with E-state index in [-0.39, 0.29) is 0 Å². The molecule has 9 aromatic rings. The summed E-state index contributed by atoms with van der Waals surface area (Å²) in [4.78, 5) is 0. The maximum Gasteiger partial charge on any atom is 0.416 e. The van der Waals surface area contributed by atoms with Crippen LogP contribution in [0.15, 0.2) is 237 Å². The van der Waals surface area contributed by atoms with Gasteiger partial charge in [0, 0.05) is 0 Å². The standard InChI is InChI=1S/C63H45F3/c64-63(65,66)60-23-13-22-57(45-60)51-36-38-52(39-37-51)59-41-40-50(34-32-46-24-28-48(29-25-46)42-61(53-14-5-1-6-15-53)54-16-7-2-8-17-54)58(44-59)35-33-47-26-30-49(31-27-47)43-62(55-18-9-3-10-19-55)56-20-11-4-12-21-56/h1-45H. The first-order valence-electron chi connectivity index (χ1n) is 22.0. The Morgan fingerprint density at radius 2 is 0.652 bits per heavy atom. The van der Waals surface area contributed by atoms with Gasteiger partial charge in [-0.2, -0.15) is 13.2 Å². The molecule has 0 nitrogen and oxygen atoms in total. The van der Waals surface area contributed by atoms with E-state index in [1.807, 2.05) is 48.5 Å². The summed E-state index contributed by atoms with van der Waals surface area (Å²) in [6.45, 7) is 0. The quantitative estimate of drug-likeness (QED) is 0.107. The van der Waals surface area contributed by atoms with Crippen molar-refractivity contribution in [2.45, 2.75) is 6.18 Å². The van der Waals surface area contributed by atoms with Crippen LogP contribution in [0.25, 0.3) is 69.9 Å². The Hall–Kier alpha value is -8.27. The Morgan fingerprint density at radius 1 is 0.288 bits per heavy atom. The van der Waals surface area contributed by atoms with Crippen molar-refractivity contribution in [2.75, 3.05) is 0 Å². The van der Waals surface area contributed by atoms with E-state index < -0.39 is 11.7 Å². The van der Waals surface area contributed by atoms with Crippen LogP contribution in [0.1, 0.15) is 61.2 Å². The van der Waals surface area contributed by atoms with Crippen LogP contribution in [-0.2, 0) is 6.18 Å². The molecule has 0 saturated carbocycles. The van der Waals surface area contributed by atoms with E-state index in [4.69, 9.17) is 0 Å². The zero-order valence-corrected chi connectivity index (χ0v) is 36.1. The van der Waals surface area contributed by atoms with Gasteiger partial charge in [-0.25, -0.2) is 0 Å². The van der Waals surface area contributed by atoms with E-state index in [2.05, 4.69) is 200 Å². The summed E-state index contributed by atoms with van der Waals surface area (Å²) in [7, 11) is 0. The molecule has 0 spiro atoms. The van der Waals surface area contributed by atoms with Crippen molar-refractivity contribution in [3.05, 3.63) is 298 Å². The lowest BCUT2D eigenvalue weighted by Gasteiger charge is -2.11. The third-order valence-electron chi connectivity index (χ3n) is 11.6. The predicted octanol–water partition coefficient (Wildman–Crippen LogP) is 17.6. The van der Waals surface area contributed by atoms with Crippen molar-refractivity contribution in [3.8, 4) is 22.3 Å². The van der Waals surface area contributed by atoms with E-state index in [0.717, 1.165) is 89.5 Å². The van der Waals surface area contributed by atoms with Crippen LogP contribution in [0.5, 0.6) is 0 Å². The van der Waals surface area contributed by atoms with E-state index >= 15 is 0 Å². The van der Waals surface area contributed by atoms with Gasteiger partial charge in [-0.1, -0.05) is 243 Å². The monoisotopic (exact) mass is 858 g/mol. The zero-order valence-electron chi connectivity index (χ0n) is 36.1. The minimum Gasteiger partial charge on any atom is -0.166 e. The predicted molar refractivity (Wildman–Crippen MR) is 273 cm³/mol. The van der Waals surface area contributed by atoms with Crippen molar-refractivity contribution >= 4 is 47.6 Å². The number of alkyl halides is 3. The number of hydrogen-bond donors (Lipinski definition) is 0. The largest absolute Gasteiger partial charge is 0.416 e. The Labute approximate surface area is 385 Å². The van der Waals surface area contributed by atoms with Gasteiger partial charge < -0.3 is 0 Å². The lowest BCUT2D eigenvalue weighted by atomic mass is 9.95. The fraction of sp³-hybridized carbons (Fsp3) is 0.0159. The summed E-state index contributed by atoms with van der Waals surface area (Å²) in [5.74, 6) is 0. The molecule has 0 aliphatic rings. The molecule has 0 atom stereocenters. The van der Waals surface area contributed by atoms with Crippen molar-refractivity contribution in [1.29, 1.82) is 0 Å². The Kier molecular flexibility index (Phi) is 13.1.